The lowest BCUT2D eigenvalue weighted by Gasteiger charge is -2.43. The molecule has 36 heavy (non-hydrogen) atoms. The highest BCUT2D eigenvalue weighted by atomic mass is 32.3. The van der Waals surface area contributed by atoms with E-state index in [1.165, 1.54) is 0 Å². The number of piperidine rings is 1. The average molecular weight is 609 g/mol. The third kappa shape index (κ3) is 5.59. The lowest BCUT2D eigenvalue weighted by Crippen LogP contribution is -2.64. The highest BCUT2D eigenvalue weighted by molar-refractivity contribution is 8.13. The Morgan fingerprint density at radius 2 is 1.11 bits per heavy atom. The van der Waals surface area contributed by atoms with Crippen molar-refractivity contribution in [2.45, 2.75) is 80.6 Å². The van der Waals surface area contributed by atoms with E-state index in [0.717, 1.165) is 0 Å². The summed E-state index contributed by atoms with van der Waals surface area (Å²) in [6, 6.07) is -0.632. The van der Waals surface area contributed by atoms with Gasteiger partial charge in [0.05, 0.1) is 0 Å². The van der Waals surface area contributed by atoms with Gasteiger partial charge in [-0.05, 0) is 40.5 Å². The molecule has 1 aliphatic rings. The normalized spacial score (nSPS) is 19.0. The Morgan fingerprint density at radius 3 is 1.44 bits per heavy atom. The fourth-order valence-corrected chi connectivity index (χ4v) is 7.42. The zero-order chi connectivity index (χ0) is 28.9. The number of sulfonamides is 3. The van der Waals surface area contributed by atoms with Crippen LogP contribution in [0.25, 0.3) is 4.13 Å². The number of alkyl halides is 9. The predicted molar refractivity (Wildman–Crippen MR) is 108 cm³/mol. The number of rotatable bonds is 10. The standard InChI is InChI=1S/C15H23F9N3O6S3/c1-9(2)27(10(3)4)11-5-7-26(8-6-11)36(32,33)14(20,21)12(16,17)13(18,19)34(28,29)25-35(30,31)15(22,23)24/h9-11H,5-8H2,1-4H3/q-1. The van der Waals surface area contributed by atoms with Crippen molar-refractivity contribution >= 4 is 30.1 Å². The van der Waals surface area contributed by atoms with Gasteiger partial charge in [0.1, 0.15) is 0 Å². The van der Waals surface area contributed by atoms with E-state index in [1.54, 1.807) is 27.7 Å². The second-order valence-electron chi connectivity index (χ2n) is 8.35. The van der Waals surface area contributed by atoms with Crippen LogP contribution in [-0.2, 0) is 30.1 Å². The lowest BCUT2D eigenvalue weighted by molar-refractivity contribution is -0.244. The summed E-state index contributed by atoms with van der Waals surface area (Å²) in [5.74, 6) is -7.44. The molecule has 0 radical (unpaired) electrons. The molecule has 0 N–H and O–H groups in total. The summed E-state index contributed by atoms with van der Waals surface area (Å²) in [4.78, 5) is 1.86. The van der Waals surface area contributed by atoms with Gasteiger partial charge in [0.15, 0.2) is 20.0 Å². The van der Waals surface area contributed by atoms with Gasteiger partial charge in [-0.3, -0.25) is 4.90 Å². The number of hydrogen-bond acceptors (Lipinski definition) is 7. The molecule has 0 saturated carbocycles. The van der Waals surface area contributed by atoms with Gasteiger partial charge in [-0.15, -0.1) is 0 Å². The summed E-state index contributed by atoms with van der Waals surface area (Å²) in [6.45, 7) is 5.35. The maximum Gasteiger partial charge on any atom is 0.480 e. The molecule has 0 aromatic carbocycles. The van der Waals surface area contributed by atoms with Gasteiger partial charge in [0.2, 0.25) is 0 Å². The van der Waals surface area contributed by atoms with Gasteiger partial charge >= 0.3 is 21.9 Å². The van der Waals surface area contributed by atoms with Crippen molar-refractivity contribution in [1.29, 1.82) is 0 Å². The minimum Gasteiger partial charge on any atom is -0.423 e. The summed E-state index contributed by atoms with van der Waals surface area (Å²) in [5.41, 5.74) is -6.68. The lowest BCUT2D eigenvalue weighted by atomic mass is 10.0. The molecular weight excluding hydrogens is 585 g/mol. The van der Waals surface area contributed by atoms with Crippen molar-refractivity contribution in [3.8, 4) is 0 Å². The Kier molecular flexibility index (Phi) is 9.21. The molecule has 9 nitrogen and oxygen atoms in total. The van der Waals surface area contributed by atoms with E-state index in [1.807, 2.05) is 4.90 Å². The highest BCUT2D eigenvalue weighted by Crippen LogP contribution is 2.53. The number of hydrogen-bond donors (Lipinski definition) is 0. The quantitative estimate of drug-likeness (QED) is 0.349. The molecule has 0 amide bonds. The molecule has 1 fully saturated rings. The van der Waals surface area contributed by atoms with Crippen molar-refractivity contribution in [3.63, 3.8) is 0 Å². The molecular formula is C15H23F9N3O6S3-. The zero-order valence-electron chi connectivity index (χ0n) is 19.0. The first-order chi connectivity index (χ1) is 15.7. The Labute approximate surface area is 202 Å². The molecule has 0 spiro atoms. The van der Waals surface area contributed by atoms with E-state index < -0.39 is 71.1 Å². The number of nitrogens with zero attached hydrogens (tertiary/aromatic N) is 3. The van der Waals surface area contributed by atoms with Gasteiger partial charge in [-0.2, -0.15) is 43.8 Å². The minimum atomic E-state index is -7.91. The van der Waals surface area contributed by atoms with Crippen LogP contribution in [0.3, 0.4) is 0 Å². The third-order valence-electron chi connectivity index (χ3n) is 5.25. The van der Waals surface area contributed by atoms with Crippen molar-refractivity contribution in [2.24, 2.45) is 0 Å². The molecule has 21 heteroatoms. The topological polar surface area (TPSA) is 123 Å². The van der Waals surface area contributed by atoms with Gasteiger partial charge in [-0.25, -0.2) is 25.3 Å². The van der Waals surface area contributed by atoms with Crippen molar-refractivity contribution < 1.29 is 64.8 Å². The van der Waals surface area contributed by atoms with Crippen LogP contribution in [0.1, 0.15) is 40.5 Å². The van der Waals surface area contributed by atoms with Gasteiger partial charge < -0.3 is 4.13 Å². The monoisotopic (exact) mass is 608 g/mol. The maximum absolute atomic E-state index is 14.4. The minimum absolute atomic E-state index is 0.107. The second-order valence-corrected chi connectivity index (χ2v) is 13.8. The molecule has 1 rings (SSSR count). The van der Waals surface area contributed by atoms with Gasteiger partial charge in [-0.1, -0.05) is 0 Å². The van der Waals surface area contributed by atoms with Crippen LogP contribution < -0.4 is 0 Å². The molecule has 0 aromatic heterocycles. The summed E-state index contributed by atoms with van der Waals surface area (Å²) in [7, 11) is -22.1. The van der Waals surface area contributed by atoms with Crippen LogP contribution in [0.5, 0.6) is 0 Å². The molecule has 0 aliphatic carbocycles. The van der Waals surface area contributed by atoms with E-state index in [9.17, 15) is 64.8 Å². The van der Waals surface area contributed by atoms with Crippen molar-refractivity contribution in [1.82, 2.24) is 9.21 Å². The molecule has 0 aromatic rings. The molecule has 0 atom stereocenters. The Balaban J connectivity index is 3.34. The smallest absolute Gasteiger partial charge is 0.423 e. The Hall–Kier alpha value is -0.900. The molecule has 1 heterocycles. The first-order valence-corrected chi connectivity index (χ1v) is 14.2. The van der Waals surface area contributed by atoms with E-state index in [0.29, 0.717) is 4.13 Å². The first-order valence-electron chi connectivity index (χ1n) is 9.89. The fraction of sp³-hybridized carbons (Fsp3) is 1.00. The van der Waals surface area contributed by atoms with Gasteiger partial charge in [0.25, 0.3) is 10.0 Å². The second kappa shape index (κ2) is 10.0. The van der Waals surface area contributed by atoms with Crippen LogP contribution in [0.15, 0.2) is 0 Å². The summed E-state index contributed by atoms with van der Waals surface area (Å²) >= 11 is 0. The van der Waals surface area contributed by atoms with Crippen molar-refractivity contribution in [3.05, 3.63) is 4.13 Å². The Bertz CT molecular complexity index is 1110. The van der Waals surface area contributed by atoms with Crippen LogP contribution in [0.2, 0.25) is 0 Å². The van der Waals surface area contributed by atoms with E-state index in [2.05, 4.69) is 0 Å². The third-order valence-corrected chi connectivity index (χ3v) is 10.3. The van der Waals surface area contributed by atoms with Crippen molar-refractivity contribution in [2.75, 3.05) is 13.1 Å². The molecule has 1 aliphatic heterocycles. The molecule has 1 saturated heterocycles. The van der Waals surface area contributed by atoms with E-state index >= 15 is 0 Å². The summed E-state index contributed by atoms with van der Waals surface area (Å²) < 4.78 is 191. The predicted octanol–water partition coefficient (Wildman–Crippen LogP) is 3.27. The highest BCUT2D eigenvalue weighted by Gasteiger charge is 2.81. The SMILES string of the molecule is CC(C)N(C(C)C)C1CCN(S(=O)(=O)C(F)(F)C(F)(F)C(F)(F)S(=O)(=O)[N-]S(=O)(=O)C(F)(F)F)CC1. The first kappa shape index (κ1) is 33.1. The zero-order valence-corrected chi connectivity index (χ0v) is 21.4. The molecule has 0 unspecified atom stereocenters. The van der Waals surface area contributed by atoms with Gasteiger partial charge in [0, 0.05) is 31.2 Å². The molecule has 216 valence electrons. The van der Waals surface area contributed by atoms with E-state index in [4.69, 9.17) is 0 Å². The summed E-state index contributed by atoms with van der Waals surface area (Å²) in [6.07, 6.45) is -0.407. The van der Waals surface area contributed by atoms with Crippen LogP contribution in [0, 0.1) is 0 Å². The summed E-state index contributed by atoms with van der Waals surface area (Å²) in [5, 5.41) is -14.3. The largest absolute Gasteiger partial charge is 0.480 e. The number of halogens is 9. The van der Waals surface area contributed by atoms with E-state index in [-0.39, 0.29) is 29.2 Å². The van der Waals surface area contributed by atoms with Crippen LogP contribution >= 0.6 is 0 Å². The van der Waals surface area contributed by atoms with Crippen LogP contribution in [-0.4, -0.2) is 87.6 Å². The van der Waals surface area contributed by atoms with Crippen LogP contribution in [0.4, 0.5) is 39.5 Å². The maximum atomic E-state index is 14.4. The Morgan fingerprint density at radius 1 is 0.722 bits per heavy atom. The average Bonchev–Trinajstić information content (AvgIpc) is 2.65. The molecule has 0 bridgehead atoms. The fourth-order valence-electron chi connectivity index (χ4n) is 3.69.